The molecule has 1 heterocycles. The third kappa shape index (κ3) is 3.19. The van der Waals surface area contributed by atoms with Crippen molar-refractivity contribution < 1.29 is 4.74 Å². The molecule has 120 valence electrons. The van der Waals surface area contributed by atoms with Crippen molar-refractivity contribution in [2.75, 3.05) is 6.54 Å². The highest BCUT2D eigenvalue weighted by Crippen LogP contribution is 2.35. The van der Waals surface area contributed by atoms with Crippen LogP contribution in [0, 0.1) is 10.6 Å². The SMILES string of the molecule is CC1(C)CC(CNC2CCCCC2)[N+]([O-])=C1c1ccccc1. The van der Waals surface area contributed by atoms with E-state index in [0.717, 1.165) is 24.2 Å². The molecule has 22 heavy (non-hydrogen) atoms. The average Bonchev–Trinajstić information content (AvgIpc) is 2.76. The fraction of sp³-hybridized carbons (Fsp3) is 0.632. The van der Waals surface area contributed by atoms with Crippen LogP contribution in [0.3, 0.4) is 0 Å². The Bertz CT molecular complexity index is 530. The second-order valence-corrected chi connectivity index (χ2v) is 7.53. The predicted molar refractivity (Wildman–Crippen MR) is 91.2 cm³/mol. The maximum atomic E-state index is 12.8. The zero-order chi connectivity index (χ0) is 15.6. The number of nitrogens with one attached hydrogen (secondary N) is 1. The fourth-order valence-corrected chi connectivity index (χ4v) is 4.13. The Morgan fingerprint density at radius 3 is 2.50 bits per heavy atom. The van der Waals surface area contributed by atoms with E-state index in [-0.39, 0.29) is 11.5 Å². The number of hydroxylamine groups is 1. The monoisotopic (exact) mass is 300 g/mol. The van der Waals surface area contributed by atoms with Gasteiger partial charge in [-0.3, -0.25) is 0 Å². The lowest BCUT2D eigenvalue weighted by Gasteiger charge is -2.24. The maximum absolute atomic E-state index is 12.8. The molecular weight excluding hydrogens is 272 g/mol. The molecule has 1 aliphatic carbocycles. The normalized spacial score (nSPS) is 25.6. The number of benzene rings is 1. The van der Waals surface area contributed by atoms with Gasteiger partial charge in [0.05, 0.1) is 12.0 Å². The van der Waals surface area contributed by atoms with Crippen LogP contribution in [0.2, 0.25) is 0 Å². The Morgan fingerprint density at radius 2 is 1.82 bits per heavy atom. The van der Waals surface area contributed by atoms with E-state index in [0.29, 0.717) is 6.04 Å². The van der Waals surface area contributed by atoms with Crippen molar-refractivity contribution in [3.05, 3.63) is 41.1 Å². The van der Waals surface area contributed by atoms with Crippen molar-refractivity contribution in [2.45, 2.75) is 64.5 Å². The summed E-state index contributed by atoms with van der Waals surface area (Å²) in [6.07, 6.45) is 7.50. The number of nitrogens with zero attached hydrogens (tertiary/aromatic N) is 1. The molecule has 0 saturated heterocycles. The van der Waals surface area contributed by atoms with Gasteiger partial charge >= 0.3 is 0 Å². The lowest BCUT2D eigenvalue weighted by atomic mass is 9.81. The molecule has 2 aliphatic rings. The van der Waals surface area contributed by atoms with Crippen LogP contribution in [0.25, 0.3) is 0 Å². The fourth-order valence-electron chi connectivity index (χ4n) is 4.13. The van der Waals surface area contributed by atoms with Gasteiger partial charge in [0.25, 0.3) is 0 Å². The molecule has 1 aliphatic heterocycles. The molecule has 1 N–H and O–H groups in total. The summed E-state index contributed by atoms with van der Waals surface area (Å²) in [5.41, 5.74) is 1.97. The molecule has 3 nitrogen and oxygen atoms in total. The number of hydrogen-bond donors (Lipinski definition) is 1. The first-order chi connectivity index (χ1) is 10.6. The molecule has 0 amide bonds. The van der Waals surface area contributed by atoms with Gasteiger partial charge in [-0.05, 0) is 38.8 Å². The molecular formula is C19H28N2O. The number of rotatable bonds is 4. The molecule has 1 saturated carbocycles. The maximum Gasteiger partial charge on any atom is 0.200 e. The summed E-state index contributed by atoms with van der Waals surface area (Å²) in [5, 5.41) is 16.5. The molecule has 3 heteroatoms. The van der Waals surface area contributed by atoms with E-state index in [1.807, 2.05) is 18.2 Å². The molecule has 1 unspecified atom stereocenters. The Kier molecular flexibility index (Phi) is 4.53. The third-order valence-electron chi connectivity index (χ3n) is 5.23. The first-order valence-electron chi connectivity index (χ1n) is 8.70. The van der Waals surface area contributed by atoms with Crippen LogP contribution in [0.1, 0.15) is 57.9 Å². The molecule has 0 radical (unpaired) electrons. The highest BCUT2D eigenvalue weighted by atomic mass is 16.5. The summed E-state index contributed by atoms with van der Waals surface area (Å²) in [6, 6.07) is 10.8. The van der Waals surface area contributed by atoms with E-state index in [9.17, 15) is 5.21 Å². The second kappa shape index (κ2) is 6.41. The Morgan fingerprint density at radius 1 is 1.14 bits per heavy atom. The zero-order valence-electron chi connectivity index (χ0n) is 13.8. The van der Waals surface area contributed by atoms with Crippen molar-refractivity contribution in [2.24, 2.45) is 5.41 Å². The molecule has 1 atom stereocenters. The van der Waals surface area contributed by atoms with Crippen LogP contribution in [0.5, 0.6) is 0 Å². The molecule has 1 aromatic carbocycles. The average molecular weight is 300 g/mol. The van der Waals surface area contributed by atoms with Gasteiger partial charge in [0, 0.05) is 18.0 Å². The smallest absolute Gasteiger partial charge is 0.200 e. The van der Waals surface area contributed by atoms with Crippen LogP contribution in [-0.4, -0.2) is 29.1 Å². The minimum Gasteiger partial charge on any atom is -0.623 e. The van der Waals surface area contributed by atoms with Crippen LogP contribution in [0.4, 0.5) is 0 Å². The van der Waals surface area contributed by atoms with E-state index in [1.165, 1.54) is 36.8 Å². The van der Waals surface area contributed by atoms with Gasteiger partial charge in [0.2, 0.25) is 5.71 Å². The molecule has 1 aromatic rings. The summed E-state index contributed by atoms with van der Waals surface area (Å²) < 4.78 is 1.28. The van der Waals surface area contributed by atoms with Crippen LogP contribution in [-0.2, 0) is 0 Å². The van der Waals surface area contributed by atoms with Crippen molar-refractivity contribution in [1.82, 2.24) is 5.32 Å². The van der Waals surface area contributed by atoms with E-state index >= 15 is 0 Å². The summed E-state index contributed by atoms with van der Waals surface area (Å²) in [4.78, 5) is 0. The molecule has 3 rings (SSSR count). The lowest BCUT2D eigenvalue weighted by Crippen LogP contribution is -2.39. The van der Waals surface area contributed by atoms with E-state index in [4.69, 9.17) is 0 Å². The highest BCUT2D eigenvalue weighted by Gasteiger charge is 2.45. The van der Waals surface area contributed by atoms with Crippen LogP contribution >= 0.6 is 0 Å². The van der Waals surface area contributed by atoms with Gasteiger partial charge in [0.15, 0.2) is 6.04 Å². The van der Waals surface area contributed by atoms with Crippen LogP contribution in [0.15, 0.2) is 30.3 Å². The molecule has 0 bridgehead atoms. The van der Waals surface area contributed by atoms with Crippen molar-refractivity contribution >= 4 is 5.71 Å². The van der Waals surface area contributed by atoms with Gasteiger partial charge in [0.1, 0.15) is 0 Å². The third-order valence-corrected chi connectivity index (χ3v) is 5.23. The minimum atomic E-state index is -0.0536. The van der Waals surface area contributed by atoms with Crippen molar-refractivity contribution in [3.63, 3.8) is 0 Å². The summed E-state index contributed by atoms with van der Waals surface area (Å²) in [5.74, 6) is 0. The van der Waals surface area contributed by atoms with E-state index in [2.05, 4.69) is 31.3 Å². The summed E-state index contributed by atoms with van der Waals surface area (Å²) in [6.45, 7) is 5.20. The van der Waals surface area contributed by atoms with Gasteiger partial charge in [-0.15, -0.1) is 0 Å². The van der Waals surface area contributed by atoms with E-state index in [1.54, 1.807) is 0 Å². The number of hydrogen-bond acceptors (Lipinski definition) is 2. The van der Waals surface area contributed by atoms with Gasteiger partial charge in [-0.25, -0.2) is 4.74 Å². The second-order valence-electron chi connectivity index (χ2n) is 7.53. The lowest BCUT2D eigenvalue weighted by molar-refractivity contribution is -0.489. The Balaban J connectivity index is 1.72. The van der Waals surface area contributed by atoms with Gasteiger partial charge in [-0.2, -0.15) is 0 Å². The molecule has 0 aromatic heterocycles. The molecule has 0 spiro atoms. The van der Waals surface area contributed by atoms with Gasteiger partial charge in [-0.1, -0.05) is 37.5 Å². The van der Waals surface area contributed by atoms with Crippen LogP contribution < -0.4 is 5.32 Å². The first kappa shape index (κ1) is 15.5. The van der Waals surface area contributed by atoms with E-state index < -0.39 is 0 Å². The first-order valence-corrected chi connectivity index (χ1v) is 8.70. The summed E-state index contributed by atoms with van der Waals surface area (Å²) >= 11 is 0. The summed E-state index contributed by atoms with van der Waals surface area (Å²) in [7, 11) is 0. The minimum absolute atomic E-state index is 0.0536. The quantitative estimate of drug-likeness (QED) is 0.680. The standard InChI is InChI=1S/C19H28N2O/c1-19(2)13-17(14-20-16-11-7-4-8-12-16)21(22)18(19)15-9-5-3-6-10-15/h3,5-6,9-10,16-17,20H,4,7-8,11-14H2,1-2H3. The topological polar surface area (TPSA) is 38.1 Å². The largest absolute Gasteiger partial charge is 0.623 e. The molecule has 1 fully saturated rings. The highest BCUT2D eigenvalue weighted by molar-refractivity contribution is 6.01. The predicted octanol–water partition coefficient (Wildman–Crippen LogP) is 3.71. The van der Waals surface area contributed by atoms with Crippen molar-refractivity contribution in [3.8, 4) is 0 Å². The van der Waals surface area contributed by atoms with Crippen molar-refractivity contribution in [1.29, 1.82) is 0 Å². The Labute approximate surface area is 134 Å². The zero-order valence-corrected chi connectivity index (χ0v) is 13.8. The van der Waals surface area contributed by atoms with Gasteiger partial charge < -0.3 is 10.5 Å². The Hall–Kier alpha value is -1.35.